The number of halogens is 3. The summed E-state index contributed by atoms with van der Waals surface area (Å²) in [7, 11) is 0. The first-order chi connectivity index (χ1) is 18.0. The Bertz CT molecular complexity index is 1420. The number of rotatable bonds is 6. The lowest BCUT2D eigenvalue weighted by Gasteiger charge is -2.31. The van der Waals surface area contributed by atoms with Crippen LogP contribution in [-0.4, -0.2) is 35.2 Å². The van der Waals surface area contributed by atoms with E-state index in [1.165, 1.54) is 34.6 Å². The molecule has 0 fully saturated rings. The van der Waals surface area contributed by atoms with Crippen molar-refractivity contribution in [1.82, 2.24) is 4.90 Å². The molecule has 1 atom stereocenters. The molecule has 3 aromatic carbocycles. The van der Waals surface area contributed by atoms with Crippen molar-refractivity contribution in [2.45, 2.75) is 48.7 Å². The van der Waals surface area contributed by atoms with Gasteiger partial charge >= 0.3 is 6.18 Å². The summed E-state index contributed by atoms with van der Waals surface area (Å²) in [5, 5.41) is 3.40. The van der Waals surface area contributed by atoms with Crippen molar-refractivity contribution in [3.05, 3.63) is 77.4 Å². The SMILES string of the molecule is CC(=O)N1c2ccc(NC(C)CCCN3C(=O)c4ccccc4C3=O)cc2Sc2ccc(C(F)(F)F)cc21. The largest absolute Gasteiger partial charge is 0.416 e. The number of hydrogen-bond acceptors (Lipinski definition) is 5. The fourth-order valence-electron chi connectivity index (χ4n) is 4.77. The van der Waals surface area contributed by atoms with E-state index >= 15 is 0 Å². The van der Waals surface area contributed by atoms with Gasteiger partial charge in [-0.3, -0.25) is 24.2 Å². The molecule has 5 rings (SSSR count). The lowest BCUT2D eigenvalue weighted by Crippen LogP contribution is -2.31. The predicted molar refractivity (Wildman–Crippen MR) is 139 cm³/mol. The predicted octanol–water partition coefficient (Wildman–Crippen LogP) is 6.73. The Balaban J connectivity index is 1.25. The molecule has 0 saturated carbocycles. The van der Waals surface area contributed by atoms with Crippen molar-refractivity contribution < 1.29 is 27.6 Å². The minimum Gasteiger partial charge on any atom is -0.383 e. The summed E-state index contributed by atoms with van der Waals surface area (Å²) < 4.78 is 39.8. The number of alkyl halides is 3. The second-order valence-corrected chi connectivity index (χ2v) is 10.4. The van der Waals surface area contributed by atoms with Crippen molar-refractivity contribution in [2.75, 3.05) is 16.8 Å². The molecule has 0 bridgehead atoms. The highest BCUT2D eigenvalue weighted by Gasteiger charge is 2.35. The van der Waals surface area contributed by atoms with E-state index in [2.05, 4.69) is 5.32 Å². The second-order valence-electron chi connectivity index (χ2n) is 9.31. The first-order valence-electron chi connectivity index (χ1n) is 12.1. The smallest absolute Gasteiger partial charge is 0.383 e. The third-order valence-electron chi connectivity index (χ3n) is 6.57. The van der Waals surface area contributed by atoms with Crippen LogP contribution >= 0.6 is 11.8 Å². The van der Waals surface area contributed by atoms with Gasteiger partial charge in [0.25, 0.3) is 11.8 Å². The maximum Gasteiger partial charge on any atom is 0.416 e. The van der Waals surface area contributed by atoms with Crippen LogP contribution < -0.4 is 10.2 Å². The number of hydrogen-bond donors (Lipinski definition) is 1. The van der Waals surface area contributed by atoms with Crippen LogP contribution in [0.3, 0.4) is 0 Å². The maximum atomic E-state index is 13.3. The number of benzene rings is 3. The maximum absolute atomic E-state index is 13.3. The quantitative estimate of drug-likeness (QED) is 0.352. The molecular weight excluding hydrogens is 515 g/mol. The molecule has 2 aliphatic rings. The normalized spacial score (nSPS) is 15.2. The molecule has 10 heteroatoms. The lowest BCUT2D eigenvalue weighted by atomic mass is 10.1. The van der Waals surface area contributed by atoms with Gasteiger partial charge in [-0.05, 0) is 68.3 Å². The molecule has 2 aliphatic heterocycles. The zero-order valence-electron chi connectivity index (χ0n) is 20.6. The van der Waals surface area contributed by atoms with E-state index in [1.807, 2.05) is 13.0 Å². The van der Waals surface area contributed by atoms with E-state index in [1.54, 1.807) is 36.4 Å². The number of anilines is 3. The van der Waals surface area contributed by atoms with E-state index in [4.69, 9.17) is 0 Å². The minimum absolute atomic E-state index is 0.0161. The van der Waals surface area contributed by atoms with Crippen LogP contribution in [0.4, 0.5) is 30.2 Å². The third-order valence-corrected chi connectivity index (χ3v) is 7.68. The molecule has 0 radical (unpaired) electrons. The van der Waals surface area contributed by atoms with Gasteiger partial charge in [0.2, 0.25) is 5.91 Å². The number of nitrogens with zero attached hydrogens (tertiary/aromatic N) is 2. The lowest BCUT2D eigenvalue weighted by molar-refractivity contribution is -0.137. The van der Waals surface area contributed by atoms with E-state index in [9.17, 15) is 27.6 Å². The van der Waals surface area contributed by atoms with Crippen LogP contribution in [0.5, 0.6) is 0 Å². The van der Waals surface area contributed by atoms with Gasteiger partial charge in [0.15, 0.2) is 0 Å². The van der Waals surface area contributed by atoms with Gasteiger partial charge in [-0.15, -0.1) is 0 Å². The summed E-state index contributed by atoms with van der Waals surface area (Å²) in [6, 6.07) is 15.6. The summed E-state index contributed by atoms with van der Waals surface area (Å²) in [6.45, 7) is 3.64. The standard InChI is InChI=1S/C28H24F3N3O3S/c1-16(6-5-13-33-26(36)20-7-3-4-8-21(20)27(33)37)32-19-10-11-22-25(15-19)38-24-12-9-18(28(29,30)31)14-23(24)34(22)17(2)35/h3-4,7-12,14-16,32H,5-6,13H2,1-2H3. The molecule has 6 nitrogen and oxygen atoms in total. The van der Waals surface area contributed by atoms with Gasteiger partial charge in [-0.25, -0.2) is 0 Å². The number of amides is 3. The van der Waals surface area contributed by atoms with Crippen LogP contribution in [0.1, 0.15) is 53.0 Å². The highest BCUT2D eigenvalue weighted by molar-refractivity contribution is 7.99. The molecule has 0 saturated heterocycles. The topological polar surface area (TPSA) is 69.7 Å². The first-order valence-corrected chi connectivity index (χ1v) is 12.9. The van der Waals surface area contributed by atoms with Crippen LogP contribution in [0.25, 0.3) is 0 Å². The van der Waals surface area contributed by atoms with Gasteiger partial charge in [0.1, 0.15) is 0 Å². The highest BCUT2D eigenvalue weighted by Crippen LogP contribution is 2.50. The van der Waals surface area contributed by atoms with E-state index < -0.39 is 11.7 Å². The van der Waals surface area contributed by atoms with Crippen molar-refractivity contribution in [3.8, 4) is 0 Å². The molecule has 196 valence electrons. The Morgan fingerprint density at radius 2 is 1.63 bits per heavy atom. The van der Waals surface area contributed by atoms with Gasteiger partial charge in [0.05, 0.1) is 28.1 Å². The van der Waals surface area contributed by atoms with Crippen LogP contribution in [-0.2, 0) is 11.0 Å². The number of carbonyl (C=O) groups is 3. The Kier molecular flexibility index (Phi) is 6.68. The zero-order chi connectivity index (χ0) is 27.2. The van der Waals surface area contributed by atoms with Gasteiger partial charge < -0.3 is 5.32 Å². The Labute approximate surface area is 221 Å². The monoisotopic (exact) mass is 539 g/mol. The molecular formula is C28H24F3N3O3S. The molecule has 2 heterocycles. The number of imide groups is 1. The number of nitrogens with one attached hydrogen (secondary N) is 1. The van der Waals surface area contributed by atoms with Gasteiger partial charge in [-0.2, -0.15) is 13.2 Å². The molecule has 3 amide bonds. The summed E-state index contributed by atoms with van der Waals surface area (Å²) in [5.41, 5.74) is 1.60. The second kappa shape index (κ2) is 9.83. The van der Waals surface area contributed by atoms with E-state index in [0.717, 1.165) is 22.7 Å². The van der Waals surface area contributed by atoms with Crippen molar-refractivity contribution in [2.24, 2.45) is 0 Å². The van der Waals surface area contributed by atoms with Gasteiger partial charge in [-0.1, -0.05) is 23.9 Å². The van der Waals surface area contributed by atoms with Crippen molar-refractivity contribution in [1.29, 1.82) is 0 Å². The van der Waals surface area contributed by atoms with Crippen LogP contribution in [0, 0.1) is 0 Å². The summed E-state index contributed by atoms with van der Waals surface area (Å²) in [6.07, 6.45) is -3.20. The van der Waals surface area contributed by atoms with Gasteiger partial charge in [0, 0.05) is 35.0 Å². The highest BCUT2D eigenvalue weighted by atomic mass is 32.2. The van der Waals surface area contributed by atoms with Crippen LogP contribution in [0.15, 0.2) is 70.5 Å². The molecule has 3 aromatic rings. The number of carbonyl (C=O) groups excluding carboxylic acids is 3. The average Bonchev–Trinajstić information content (AvgIpc) is 3.11. The molecule has 1 N–H and O–H groups in total. The Morgan fingerprint density at radius 3 is 2.26 bits per heavy atom. The number of fused-ring (bicyclic) bond motifs is 3. The zero-order valence-corrected chi connectivity index (χ0v) is 21.4. The van der Waals surface area contributed by atoms with E-state index in [0.29, 0.717) is 41.1 Å². The average molecular weight is 540 g/mol. The Morgan fingerprint density at radius 1 is 0.947 bits per heavy atom. The molecule has 1 unspecified atom stereocenters. The van der Waals surface area contributed by atoms with Crippen molar-refractivity contribution >= 4 is 46.5 Å². The van der Waals surface area contributed by atoms with Crippen molar-refractivity contribution in [3.63, 3.8) is 0 Å². The fraction of sp³-hybridized carbons (Fsp3) is 0.250. The summed E-state index contributed by atoms with van der Waals surface area (Å²) >= 11 is 1.31. The molecule has 0 aromatic heterocycles. The molecule has 0 spiro atoms. The minimum atomic E-state index is -4.51. The Hall–Kier alpha value is -3.79. The summed E-state index contributed by atoms with van der Waals surface area (Å²) in [5.74, 6) is -0.916. The molecule has 38 heavy (non-hydrogen) atoms. The first kappa shape index (κ1) is 25.8. The van der Waals surface area contributed by atoms with E-state index in [-0.39, 0.29) is 29.5 Å². The fourth-order valence-corrected chi connectivity index (χ4v) is 5.84. The van der Waals surface area contributed by atoms with Crippen LogP contribution in [0.2, 0.25) is 0 Å². The molecule has 0 aliphatic carbocycles. The third kappa shape index (κ3) is 4.76. The summed E-state index contributed by atoms with van der Waals surface area (Å²) in [4.78, 5) is 41.5.